The fourth-order valence-electron chi connectivity index (χ4n) is 11.5. The van der Waals surface area contributed by atoms with Crippen LogP contribution in [0.5, 0.6) is 0 Å². The lowest BCUT2D eigenvalue weighted by atomic mass is 10.0. The lowest BCUT2D eigenvalue weighted by molar-refractivity contribution is 0.669. The smallest absolute Gasteiger partial charge is 0.235 e. The molecule has 0 saturated heterocycles. The van der Waals surface area contributed by atoms with Crippen LogP contribution in [-0.2, 0) is 0 Å². The Kier molecular flexibility index (Phi) is 7.95. The van der Waals surface area contributed by atoms with Crippen molar-refractivity contribution in [2.24, 2.45) is 0 Å². The summed E-state index contributed by atoms with van der Waals surface area (Å²) >= 11 is 1.83. The summed E-state index contributed by atoms with van der Waals surface area (Å²) in [5.74, 6) is 0.636. The molecule has 71 heavy (non-hydrogen) atoms. The van der Waals surface area contributed by atoms with Crippen molar-refractivity contribution in [1.82, 2.24) is 23.7 Å². The first kappa shape index (κ1) is 38.6. The predicted octanol–water partition coefficient (Wildman–Crippen LogP) is 17.4. The van der Waals surface area contributed by atoms with Crippen LogP contribution < -0.4 is 0 Å². The highest BCUT2D eigenvalue weighted by molar-refractivity contribution is 7.25. The molecule has 6 nitrogen and oxygen atoms in total. The number of furan rings is 1. The topological polar surface area (TPSA) is 53.7 Å². The van der Waals surface area contributed by atoms with Gasteiger partial charge in [0.1, 0.15) is 11.2 Å². The van der Waals surface area contributed by atoms with E-state index in [1.165, 1.54) is 41.7 Å². The Hall–Kier alpha value is -9.30. The van der Waals surface area contributed by atoms with Gasteiger partial charge in [0.05, 0.1) is 38.8 Å². The second kappa shape index (κ2) is 14.6. The minimum absolute atomic E-state index is 0.636. The highest BCUT2D eigenvalue weighted by atomic mass is 32.1. The average molecular weight is 924 g/mol. The molecule has 0 N–H and O–H groups in total. The summed E-state index contributed by atoms with van der Waals surface area (Å²) in [6.45, 7) is 0. The van der Waals surface area contributed by atoms with E-state index in [0.29, 0.717) is 5.95 Å². The van der Waals surface area contributed by atoms with Gasteiger partial charge in [-0.25, -0.2) is 9.97 Å². The molecule has 0 fully saturated rings. The van der Waals surface area contributed by atoms with E-state index in [2.05, 4.69) is 214 Å². The largest absolute Gasteiger partial charge is 0.456 e. The molecule has 0 unspecified atom stereocenters. The minimum atomic E-state index is 0.636. The number of nitrogens with zero attached hydrogens (tertiary/aromatic N) is 5. The van der Waals surface area contributed by atoms with Gasteiger partial charge in [-0.1, -0.05) is 109 Å². The van der Waals surface area contributed by atoms with Crippen LogP contribution >= 0.6 is 11.3 Å². The maximum atomic E-state index is 6.23. The van der Waals surface area contributed by atoms with Crippen molar-refractivity contribution in [3.05, 3.63) is 225 Å². The number of benzene rings is 10. The third-order valence-electron chi connectivity index (χ3n) is 14.7. The van der Waals surface area contributed by atoms with Crippen molar-refractivity contribution >= 4 is 119 Å². The Morgan fingerprint density at radius 2 is 0.887 bits per heavy atom. The highest BCUT2D eigenvalue weighted by Gasteiger charge is 2.22. The van der Waals surface area contributed by atoms with Gasteiger partial charge in [0.25, 0.3) is 0 Å². The van der Waals surface area contributed by atoms with Crippen molar-refractivity contribution < 1.29 is 4.42 Å². The second-order valence-electron chi connectivity index (χ2n) is 18.6. The molecule has 0 aliphatic carbocycles. The molecule has 0 radical (unpaired) electrons. The Bertz CT molecular complexity index is 4890. The molecule has 6 aromatic heterocycles. The number of para-hydroxylation sites is 4. The van der Waals surface area contributed by atoms with Gasteiger partial charge in [-0.2, -0.15) is 0 Å². The molecule has 0 aliphatic rings. The fraction of sp³-hybridized carbons (Fsp3) is 0. The Morgan fingerprint density at radius 1 is 0.324 bits per heavy atom. The molecule has 0 bridgehead atoms. The SMILES string of the molecule is c1ccc(-n2c3ccc(-c4ccc5oc6ccccc6c5c4)cc3c3cc(-n4c5ccccc5c5cc6c7ccccc7n(-c7nccc(-c8ccc9sc%10ccccc%10c9c8)n7)c6cc54)ccc32)cc1. The molecule has 16 aromatic rings. The monoisotopic (exact) mass is 923 g/mol. The maximum absolute atomic E-state index is 6.23. The van der Waals surface area contributed by atoms with Crippen LogP contribution in [0.2, 0.25) is 0 Å². The molecule has 0 aliphatic heterocycles. The molecular weight excluding hydrogens is 887 g/mol. The summed E-state index contributed by atoms with van der Waals surface area (Å²) in [6, 6.07) is 79.0. The number of rotatable bonds is 5. The summed E-state index contributed by atoms with van der Waals surface area (Å²) in [5.41, 5.74) is 14.9. The van der Waals surface area contributed by atoms with Crippen LogP contribution in [-0.4, -0.2) is 23.7 Å². The van der Waals surface area contributed by atoms with Crippen molar-refractivity contribution in [3.63, 3.8) is 0 Å². The fourth-order valence-corrected chi connectivity index (χ4v) is 12.6. The molecule has 6 heterocycles. The number of hydrogen-bond acceptors (Lipinski definition) is 4. The number of thiophene rings is 1. The van der Waals surface area contributed by atoms with Gasteiger partial charge < -0.3 is 13.6 Å². The molecule has 10 aromatic carbocycles. The quantitative estimate of drug-likeness (QED) is 0.173. The number of fused-ring (bicyclic) bond motifs is 15. The summed E-state index contributed by atoms with van der Waals surface area (Å²) in [5, 5.41) is 11.8. The van der Waals surface area contributed by atoms with E-state index in [4.69, 9.17) is 14.4 Å². The lowest BCUT2D eigenvalue weighted by Gasteiger charge is -2.11. The van der Waals surface area contributed by atoms with E-state index in [1.807, 2.05) is 35.7 Å². The van der Waals surface area contributed by atoms with E-state index >= 15 is 0 Å². The predicted molar refractivity (Wildman–Crippen MR) is 296 cm³/mol. The zero-order valence-electron chi connectivity index (χ0n) is 37.9. The Labute approximate surface area is 409 Å². The average Bonchev–Trinajstić information content (AvgIpc) is 4.24. The first-order valence-electron chi connectivity index (χ1n) is 24.0. The van der Waals surface area contributed by atoms with Crippen LogP contribution in [0.1, 0.15) is 0 Å². The summed E-state index contributed by atoms with van der Waals surface area (Å²) in [4.78, 5) is 10.3. The van der Waals surface area contributed by atoms with E-state index in [9.17, 15) is 0 Å². The molecule has 0 atom stereocenters. The van der Waals surface area contributed by atoms with Crippen molar-refractivity contribution in [3.8, 4) is 39.7 Å². The molecular formula is C64H37N5OS. The first-order valence-corrected chi connectivity index (χ1v) is 24.8. The van der Waals surface area contributed by atoms with Crippen molar-refractivity contribution in [2.45, 2.75) is 0 Å². The van der Waals surface area contributed by atoms with E-state index < -0.39 is 0 Å². The van der Waals surface area contributed by atoms with Gasteiger partial charge in [-0.15, -0.1) is 11.3 Å². The number of aromatic nitrogens is 5. The van der Waals surface area contributed by atoms with Crippen LogP contribution in [0.3, 0.4) is 0 Å². The van der Waals surface area contributed by atoms with Crippen molar-refractivity contribution in [2.75, 3.05) is 0 Å². The standard InChI is InChI=1S/C64H37N5OS/c1-2-12-41(13-3-1)67-56-26-22-38(39-23-28-61-51(33-39)45-16-6-10-20-60(45)70-61)32-47(56)48-35-42(25-27-57(48)67)68-54-18-8-4-14-43(54)49-36-50-44-15-5-9-19-55(44)69(59(50)37-58(49)68)64-65-31-30-53(66-64)40-24-29-63-52(34-40)46-17-7-11-21-62(46)71-63/h1-37H. The Balaban J connectivity index is 0.913. The van der Waals surface area contributed by atoms with Crippen LogP contribution in [0.15, 0.2) is 229 Å². The second-order valence-corrected chi connectivity index (χ2v) is 19.6. The minimum Gasteiger partial charge on any atom is -0.456 e. The van der Waals surface area contributed by atoms with Crippen LogP contribution in [0, 0.1) is 0 Å². The van der Waals surface area contributed by atoms with Gasteiger partial charge in [-0.05, 0) is 120 Å². The first-order chi connectivity index (χ1) is 35.2. The summed E-state index contributed by atoms with van der Waals surface area (Å²) < 4.78 is 15.9. The zero-order chi connectivity index (χ0) is 46.3. The van der Waals surface area contributed by atoms with Crippen LogP contribution in [0.25, 0.3) is 147 Å². The van der Waals surface area contributed by atoms with E-state index in [0.717, 1.165) is 99.6 Å². The zero-order valence-corrected chi connectivity index (χ0v) is 38.7. The lowest BCUT2D eigenvalue weighted by Crippen LogP contribution is -2.02. The van der Waals surface area contributed by atoms with Gasteiger partial charge in [0.2, 0.25) is 5.95 Å². The maximum Gasteiger partial charge on any atom is 0.235 e. The van der Waals surface area contributed by atoms with E-state index in [-0.39, 0.29) is 0 Å². The normalized spacial score (nSPS) is 12.2. The highest BCUT2D eigenvalue weighted by Crippen LogP contribution is 2.43. The molecule has 0 spiro atoms. The van der Waals surface area contributed by atoms with Gasteiger partial charge in [-0.3, -0.25) is 4.57 Å². The molecule has 16 rings (SSSR count). The van der Waals surface area contributed by atoms with Gasteiger partial charge in [0, 0.05) is 86.4 Å². The molecule has 0 amide bonds. The molecule has 0 saturated carbocycles. The van der Waals surface area contributed by atoms with Gasteiger partial charge in [0.15, 0.2) is 0 Å². The number of hydrogen-bond donors (Lipinski definition) is 0. The molecule has 7 heteroatoms. The van der Waals surface area contributed by atoms with Gasteiger partial charge >= 0.3 is 0 Å². The summed E-state index contributed by atoms with van der Waals surface area (Å²) in [6.07, 6.45) is 1.90. The van der Waals surface area contributed by atoms with Crippen molar-refractivity contribution in [1.29, 1.82) is 0 Å². The summed E-state index contributed by atoms with van der Waals surface area (Å²) in [7, 11) is 0. The molecule has 330 valence electrons. The third-order valence-corrected chi connectivity index (χ3v) is 15.9. The Morgan fingerprint density at radius 3 is 1.72 bits per heavy atom. The third kappa shape index (κ3) is 5.63. The van der Waals surface area contributed by atoms with Crippen LogP contribution in [0.4, 0.5) is 0 Å². The van der Waals surface area contributed by atoms with E-state index in [1.54, 1.807) is 0 Å².